The van der Waals surface area contributed by atoms with Crippen LogP contribution < -0.4 is 10.6 Å². The summed E-state index contributed by atoms with van der Waals surface area (Å²) < 4.78 is 0. The Balaban J connectivity index is 2.09. The maximum absolute atomic E-state index is 7.45. The molecule has 0 atom stereocenters. The summed E-state index contributed by atoms with van der Waals surface area (Å²) >= 11 is 6.34. The van der Waals surface area contributed by atoms with Gasteiger partial charge in [0, 0.05) is 18.7 Å². The lowest BCUT2D eigenvalue weighted by molar-refractivity contribution is 0.199. The predicted molar refractivity (Wildman–Crippen MR) is 86.9 cm³/mol. The highest BCUT2D eigenvalue weighted by Crippen LogP contribution is 2.37. The van der Waals surface area contributed by atoms with Gasteiger partial charge in [-0.15, -0.1) is 0 Å². The predicted octanol–water partition coefficient (Wildman–Crippen LogP) is 3.89. The topological polar surface area (TPSA) is 53.1 Å². The van der Waals surface area contributed by atoms with E-state index in [1.165, 1.54) is 12.8 Å². The molecule has 0 aliphatic carbocycles. The maximum Gasteiger partial charge on any atom is 0.122 e. The Hall–Kier alpha value is -1.22. The van der Waals surface area contributed by atoms with Crippen LogP contribution in [0.3, 0.4) is 0 Å². The molecule has 4 heteroatoms. The minimum atomic E-state index is 0.0601. The van der Waals surface area contributed by atoms with Crippen molar-refractivity contribution in [3.63, 3.8) is 0 Å². The van der Waals surface area contributed by atoms with Crippen molar-refractivity contribution in [3.8, 4) is 0 Å². The Bertz CT molecular complexity index is 497. The van der Waals surface area contributed by atoms with Crippen LogP contribution in [0.4, 0.5) is 5.69 Å². The van der Waals surface area contributed by atoms with Crippen molar-refractivity contribution >= 4 is 23.1 Å². The van der Waals surface area contributed by atoms with Crippen LogP contribution in [-0.2, 0) is 0 Å². The van der Waals surface area contributed by atoms with E-state index < -0.39 is 0 Å². The minimum Gasteiger partial charge on any atom is -0.384 e. The van der Waals surface area contributed by atoms with E-state index in [4.69, 9.17) is 22.7 Å². The van der Waals surface area contributed by atoms with E-state index in [0.717, 1.165) is 24.7 Å². The SMILES string of the molecule is CC(C)(C)C1CCN(c2ccc(C(=N)N)cc2Cl)CC1. The first-order chi connectivity index (χ1) is 9.29. The lowest BCUT2D eigenvalue weighted by atomic mass is 9.75. The zero-order chi connectivity index (χ0) is 14.9. The van der Waals surface area contributed by atoms with Gasteiger partial charge in [0.05, 0.1) is 10.7 Å². The number of nitrogen functional groups attached to an aromatic ring is 1. The average molecular weight is 294 g/mol. The molecule has 1 aliphatic heterocycles. The van der Waals surface area contributed by atoms with Gasteiger partial charge in [0.2, 0.25) is 0 Å². The van der Waals surface area contributed by atoms with E-state index in [9.17, 15) is 0 Å². The highest BCUT2D eigenvalue weighted by Gasteiger charge is 2.29. The number of benzene rings is 1. The van der Waals surface area contributed by atoms with Crippen molar-refractivity contribution < 1.29 is 0 Å². The van der Waals surface area contributed by atoms with Crippen molar-refractivity contribution in [1.29, 1.82) is 5.41 Å². The van der Waals surface area contributed by atoms with Gasteiger partial charge in [0.1, 0.15) is 5.84 Å². The zero-order valence-corrected chi connectivity index (χ0v) is 13.3. The van der Waals surface area contributed by atoms with Gasteiger partial charge >= 0.3 is 0 Å². The molecule has 2 rings (SSSR count). The zero-order valence-electron chi connectivity index (χ0n) is 12.5. The number of hydrogen-bond donors (Lipinski definition) is 2. The number of anilines is 1. The van der Waals surface area contributed by atoms with E-state index in [2.05, 4.69) is 25.7 Å². The minimum absolute atomic E-state index is 0.0601. The van der Waals surface area contributed by atoms with Gasteiger partial charge < -0.3 is 10.6 Å². The first kappa shape index (κ1) is 15.2. The van der Waals surface area contributed by atoms with Gasteiger partial charge in [0.15, 0.2) is 0 Å². The molecule has 20 heavy (non-hydrogen) atoms. The lowest BCUT2D eigenvalue weighted by Crippen LogP contribution is -2.38. The van der Waals surface area contributed by atoms with Gasteiger partial charge in [-0.3, -0.25) is 5.41 Å². The Morgan fingerprint density at radius 2 is 1.90 bits per heavy atom. The van der Waals surface area contributed by atoms with Crippen LogP contribution in [0.15, 0.2) is 18.2 Å². The van der Waals surface area contributed by atoms with Crippen LogP contribution in [0, 0.1) is 16.7 Å². The second-order valence-corrected chi connectivity index (χ2v) is 7.11. The largest absolute Gasteiger partial charge is 0.384 e. The molecule has 1 fully saturated rings. The second kappa shape index (κ2) is 5.65. The molecule has 1 aromatic carbocycles. The molecule has 0 saturated carbocycles. The Labute approximate surface area is 126 Å². The molecule has 1 saturated heterocycles. The van der Waals surface area contributed by atoms with Crippen LogP contribution >= 0.6 is 11.6 Å². The summed E-state index contributed by atoms with van der Waals surface area (Å²) in [4.78, 5) is 2.34. The molecule has 3 nitrogen and oxygen atoms in total. The summed E-state index contributed by atoms with van der Waals surface area (Å²) in [6.45, 7) is 9.05. The third-order valence-corrected chi connectivity index (χ3v) is 4.62. The number of piperidine rings is 1. The van der Waals surface area contributed by atoms with Crippen molar-refractivity contribution in [2.45, 2.75) is 33.6 Å². The fourth-order valence-electron chi connectivity index (χ4n) is 2.92. The fraction of sp³-hybridized carbons (Fsp3) is 0.562. The molecule has 1 heterocycles. The number of rotatable bonds is 2. The van der Waals surface area contributed by atoms with Crippen LogP contribution in [0.5, 0.6) is 0 Å². The van der Waals surface area contributed by atoms with Gasteiger partial charge in [-0.25, -0.2) is 0 Å². The summed E-state index contributed by atoms with van der Waals surface area (Å²) in [5, 5.41) is 8.13. The Morgan fingerprint density at radius 1 is 1.30 bits per heavy atom. The molecule has 1 aliphatic rings. The summed E-state index contributed by atoms with van der Waals surface area (Å²) in [6, 6.07) is 5.64. The third-order valence-electron chi connectivity index (χ3n) is 4.32. The van der Waals surface area contributed by atoms with Gasteiger partial charge in [-0.2, -0.15) is 0 Å². The number of hydrogen-bond acceptors (Lipinski definition) is 2. The summed E-state index contributed by atoms with van der Waals surface area (Å²) in [6.07, 6.45) is 2.41. The van der Waals surface area contributed by atoms with E-state index in [1.807, 2.05) is 12.1 Å². The molecule has 0 aromatic heterocycles. The van der Waals surface area contributed by atoms with Crippen molar-refractivity contribution in [3.05, 3.63) is 28.8 Å². The monoisotopic (exact) mass is 293 g/mol. The quantitative estimate of drug-likeness (QED) is 0.642. The van der Waals surface area contributed by atoms with Crippen LogP contribution in [0.1, 0.15) is 39.2 Å². The molecule has 1 aromatic rings. The molecular formula is C16H24ClN3. The third kappa shape index (κ3) is 3.26. The number of amidine groups is 1. The summed E-state index contributed by atoms with van der Waals surface area (Å²) in [7, 11) is 0. The van der Waals surface area contributed by atoms with Gasteiger partial charge in [-0.1, -0.05) is 32.4 Å². The van der Waals surface area contributed by atoms with E-state index in [-0.39, 0.29) is 5.84 Å². The second-order valence-electron chi connectivity index (χ2n) is 6.71. The summed E-state index contributed by atoms with van der Waals surface area (Å²) in [5.41, 5.74) is 7.61. The highest BCUT2D eigenvalue weighted by molar-refractivity contribution is 6.33. The molecule has 0 unspecified atom stereocenters. The van der Waals surface area contributed by atoms with E-state index in [1.54, 1.807) is 6.07 Å². The Morgan fingerprint density at radius 3 is 2.35 bits per heavy atom. The van der Waals surface area contributed by atoms with Crippen molar-refractivity contribution in [2.75, 3.05) is 18.0 Å². The van der Waals surface area contributed by atoms with Crippen LogP contribution in [-0.4, -0.2) is 18.9 Å². The molecule has 0 bridgehead atoms. The molecule has 110 valence electrons. The molecule has 3 N–H and O–H groups in total. The number of nitrogens with one attached hydrogen (secondary N) is 1. The Kier molecular flexibility index (Phi) is 4.28. The standard InChI is InChI=1S/C16H24ClN3/c1-16(2,3)12-6-8-20(9-7-12)14-5-4-11(15(18)19)10-13(14)17/h4-5,10,12H,6-9H2,1-3H3,(H3,18,19). The maximum atomic E-state index is 7.45. The van der Waals surface area contributed by atoms with E-state index in [0.29, 0.717) is 16.0 Å². The van der Waals surface area contributed by atoms with E-state index >= 15 is 0 Å². The summed E-state index contributed by atoms with van der Waals surface area (Å²) in [5.74, 6) is 0.832. The van der Waals surface area contributed by atoms with Crippen molar-refractivity contribution in [2.24, 2.45) is 17.1 Å². The normalized spacial score (nSPS) is 17.3. The molecule has 0 spiro atoms. The average Bonchev–Trinajstić information content (AvgIpc) is 2.37. The van der Waals surface area contributed by atoms with Gasteiger partial charge in [0.25, 0.3) is 0 Å². The lowest BCUT2D eigenvalue weighted by Gasteiger charge is -2.40. The van der Waals surface area contributed by atoms with Crippen molar-refractivity contribution in [1.82, 2.24) is 0 Å². The molecule has 0 radical (unpaired) electrons. The van der Waals surface area contributed by atoms with Gasteiger partial charge in [-0.05, 0) is 42.4 Å². The first-order valence-electron chi connectivity index (χ1n) is 7.18. The molecule has 0 amide bonds. The van der Waals surface area contributed by atoms with Crippen LogP contribution in [0.25, 0.3) is 0 Å². The number of nitrogens with zero attached hydrogens (tertiary/aromatic N) is 1. The number of halogens is 1. The van der Waals surface area contributed by atoms with Crippen LogP contribution in [0.2, 0.25) is 5.02 Å². The smallest absolute Gasteiger partial charge is 0.122 e. The fourth-order valence-corrected chi connectivity index (χ4v) is 3.22. The highest BCUT2D eigenvalue weighted by atomic mass is 35.5. The first-order valence-corrected chi connectivity index (χ1v) is 7.55. The number of nitrogens with two attached hydrogens (primary N) is 1. The molecular weight excluding hydrogens is 270 g/mol.